The summed E-state index contributed by atoms with van der Waals surface area (Å²) in [4.78, 5) is 0. The van der Waals surface area contributed by atoms with Crippen LogP contribution in [0.25, 0.3) is 0 Å². The largest absolute Gasteiger partial charge is 0.493 e. The van der Waals surface area contributed by atoms with E-state index in [1.165, 1.54) is 37.7 Å². The van der Waals surface area contributed by atoms with Crippen molar-refractivity contribution in [1.29, 1.82) is 0 Å². The van der Waals surface area contributed by atoms with Crippen LogP contribution in [-0.4, -0.2) is 6.61 Å². The highest BCUT2D eigenvalue weighted by molar-refractivity contribution is 5.28. The van der Waals surface area contributed by atoms with Crippen LogP contribution >= 0.6 is 0 Å². The first kappa shape index (κ1) is 12.5. The van der Waals surface area contributed by atoms with Gasteiger partial charge in [0.15, 0.2) is 0 Å². The molecule has 0 bridgehead atoms. The van der Waals surface area contributed by atoms with E-state index < -0.39 is 0 Å². The topological polar surface area (TPSA) is 9.23 Å². The summed E-state index contributed by atoms with van der Waals surface area (Å²) in [5, 5.41) is 0. The summed E-state index contributed by atoms with van der Waals surface area (Å²) in [7, 11) is 0. The molecule has 1 aromatic rings. The Hall–Kier alpha value is -0.980. The number of ether oxygens (including phenoxy) is 1. The molecular weight excluding hydrogens is 208 g/mol. The molecule has 1 aromatic carbocycles. The van der Waals surface area contributed by atoms with Crippen molar-refractivity contribution in [3.8, 4) is 5.75 Å². The van der Waals surface area contributed by atoms with Crippen LogP contribution in [-0.2, 0) is 0 Å². The molecule has 0 amide bonds. The molecule has 1 saturated carbocycles. The fourth-order valence-corrected chi connectivity index (χ4v) is 2.52. The Bertz CT molecular complexity index is 320. The van der Waals surface area contributed by atoms with E-state index in [2.05, 4.69) is 38.1 Å². The molecule has 0 N–H and O–H groups in total. The fraction of sp³-hybridized carbons (Fsp3) is 0.625. The lowest BCUT2D eigenvalue weighted by Crippen LogP contribution is -2.15. The van der Waals surface area contributed by atoms with Gasteiger partial charge >= 0.3 is 0 Å². The summed E-state index contributed by atoms with van der Waals surface area (Å²) in [5.41, 5.74) is 1.38. The molecule has 0 spiro atoms. The molecule has 0 unspecified atom stereocenters. The van der Waals surface area contributed by atoms with Gasteiger partial charge in [0.2, 0.25) is 0 Å². The molecule has 17 heavy (non-hydrogen) atoms. The van der Waals surface area contributed by atoms with Crippen LogP contribution < -0.4 is 4.74 Å². The van der Waals surface area contributed by atoms with Crippen molar-refractivity contribution in [1.82, 2.24) is 0 Å². The first-order valence-electron chi connectivity index (χ1n) is 6.98. The average molecular weight is 232 g/mol. The van der Waals surface area contributed by atoms with Gasteiger partial charge in [0, 0.05) is 0 Å². The highest BCUT2D eigenvalue weighted by atomic mass is 16.5. The Labute approximate surface area is 105 Å². The second kappa shape index (κ2) is 6.09. The maximum atomic E-state index is 5.88. The highest BCUT2D eigenvalue weighted by Crippen LogP contribution is 2.25. The third kappa shape index (κ3) is 3.76. The van der Waals surface area contributed by atoms with Crippen LogP contribution in [0.4, 0.5) is 0 Å². The van der Waals surface area contributed by atoms with E-state index in [9.17, 15) is 0 Å². The van der Waals surface area contributed by atoms with Gasteiger partial charge < -0.3 is 4.74 Å². The van der Waals surface area contributed by atoms with Crippen molar-refractivity contribution < 1.29 is 4.74 Å². The maximum Gasteiger partial charge on any atom is 0.119 e. The molecule has 1 aliphatic rings. The standard InChI is InChI=1S/C16H24O/c1-13(2)15-8-10-16(11-9-15)17-12-14-6-4-3-5-7-14/h8-11,13-14H,3-7,12H2,1-2H3. The summed E-state index contributed by atoms with van der Waals surface area (Å²) in [6.45, 7) is 5.34. The van der Waals surface area contributed by atoms with E-state index >= 15 is 0 Å². The molecule has 0 heterocycles. The Morgan fingerprint density at radius 2 is 1.71 bits per heavy atom. The minimum Gasteiger partial charge on any atom is -0.493 e. The second-order valence-corrected chi connectivity index (χ2v) is 5.54. The smallest absolute Gasteiger partial charge is 0.119 e. The zero-order valence-electron chi connectivity index (χ0n) is 11.1. The number of rotatable bonds is 4. The molecule has 0 atom stereocenters. The van der Waals surface area contributed by atoms with Crippen LogP contribution in [0.15, 0.2) is 24.3 Å². The molecule has 0 saturated heterocycles. The number of hydrogen-bond acceptors (Lipinski definition) is 1. The highest BCUT2D eigenvalue weighted by Gasteiger charge is 2.13. The first-order chi connectivity index (χ1) is 8.25. The number of benzene rings is 1. The second-order valence-electron chi connectivity index (χ2n) is 5.54. The molecule has 1 fully saturated rings. The predicted octanol–water partition coefficient (Wildman–Crippen LogP) is 4.77. The monoisotopic (exact) mass is 232 g/mol. The van der Waals surface area contributed by atoms with E-state index in [-0.39, 0.29) is 0 Å². The van der Waals surface area contributed by atoms with Crippen molar-refractivity contribution >= 4 is 0 Å². The summed E-state index contributed by atoms with van der Waals surface area (Å²) in [6.07, 6.45) is 6.90. The lowest BCUT2D eigenvalue weighted by atomic mass is 9.90. The van der Waals surface area contributed by atoms with Crippen LogP contribution in [0.5, 0.6) is 5.75 Å². The SMILES string of the molecule is CC(C)c1ccc(OCC2CCCCC2)cc1. The lowest BCUT2D eigenvalue weighted by Gasteiger charge is -2.21. The zero-order chi connectivity index (χ0) is 12.1. The van der Waals surface area contributed by atoms with Gasteiger partial charge in [-0.25, -0.2) is 0 Å². The van der Waals surface area contributed by atoms with E-state index in [0.29, 0.717) is 5.92 Å². The van der Waals surface area contributed by atoms with E-state index in [1.54, 1.807) is 0 Å². The Kier molecular flexibility index (Phi) is 4.47. The third-order valence-electron chi connectivity index (χ3n) is 3.76. The molecule has 1 nitrogen and oxygen atoms in total. The van der Waals surface area contributed by atoms with Crippen molar-refractivity contribution in [3.63, 3.8) is 0 Å². The van der Waals surface area contributed by atoms with Gasteiger partial charge in [-0.05, 0) is 42.4 Å². The molecule has 94 valence electrons. The molecule has 1 aliphatic carbocycles. The maximum absolute atomic E-state index is 5.88. The van der Waals surface area contributed by atoms with Crippen LogP contribution in [0.3, 0.4) is 0 Å². The summed E-state index contributed by atoms with van der Waals surface area (Å²) >= 11 is 0. The lowest BCUT2D eigenvalue weighted by molar-refractivity contribution is 0.209. The summed E-state index contributed by atoms with van der Waals surface area (Å²) < 4.78 is 5.88. The van der Waals surface area contributed by atoms with Crippen molar-refractivity contribution in [2.75, 3.05) is 6.61 Å². The van der Waals surface area contributed by atoms with Crippen LogP contribution in [0, 0.1) is 5.92 Å². The molecule has 0 aliphatic heterocycles. The minimum atomic E-state index is 0.599. The zero-order valence-corrected chi connectivity index (χ0v) is 11.1. The average Bonchev–Trinajstić information content (AvgIpc) is 2.38. The van der Waals surface area contributed by atoms with Gasteiger partial charge in [-0.15, -0.1) is 0 Å². The molecular formula is C16H24O. The van der Waals surface area contributed by atoms with Crippen LogP contribution in [0.1, 0.15) is 57.4 Å². The van der Waals surface area contributed by atoms with Crippen LogP contribution in [0.2, 0.25) is 0 Å². The molecule has 0 radical (unpaired) electrons. The normalized spacial score (nSPS) is 17.4. The quantitative estimate of drug-likeness (QED) is 0.726. The summed E-state index contributed by atoms with van der Waals surface area (Å²) in [5.74, 6) is 2.41. The molecule has 1 heteroatoms. The third-order valence-corrected chi connectivity index (χ3v) is 3.76. The van der Waals surface area contributed by atoms with Gasteiger partial charge in [-0.2, -0.15) is 0 Å². The van der Waals surface area contributed by atoms with Gasteiger partial charge in [-0.1, -0.05) is 45.2 Å². The molecule has 0 aromatic heterocycles. The Balaban J connectivity index is 1.82. The minimum absolute atomic E-state index is 0.599. The van der Waals surface area contributed by atoms with Gasteiger partial charge in [-0.3, -0.25) is 0 Å². The van der Waals surface area contributed by atoms with E-state index in [4.69, 9.17) is 4.74 Å². The fourth-order valence-electron chi connectivity index (χ4n) is 2.52. The predicted molar refractivity (Wildman–Crippen MR) is 72.6 cm³/mol. The van der Waals surface area contributed by atoms with E-state index in [1.807, 2.05) is 0 Å². The molecule has 2 rings (SSSR count). The van der Waals surface area contributed by atoms with Crippen molar-refractivity contribution in [3.05, 3.63) is 29.8 Å². The summed E-state index contributed by atoms with van der Waals surface area (Å²) in [6, 6.07) is 8.58. The van der Waals surface area contributed by atoms with Gasteiger partial charge in [0.05, 0.1) is 6.61 Å². The first-order valence-corrected chi connectivity index (χ1v) is 6.98. The van der Waals surface area contributed by atoms with Crippen molar-refractivity contribution in [2.45, 2.75) is 51.9 Å². The number of hydrogen-bond donors (Lipinski definition) is 0. The van der Waals surface area contributed by atoms with Crippen molar-refractivity contribution in [2.24, 2.45) is 5.92 Å². The Morgan fingerprint density at radius 3 is 2.29 bits per heavy atom. The van der Waals surface area contributed by atoms with E-state index in [0.717, 1.165) is 18.3 Å². The Morgan fingerprint density at radius 1 is 1.06 bits per heavy atom. The van der Waals surface area contributed by atoms with Gasteiger partial charge in [0.25, 0.3) is 0 Å². The van der Waals surface area contributed by atoms with Gasteiger partial charge in [0.1, 0.15) is 5.75 Å².